The van der Waals surface area contributed by atoms with Gasteiger partial charge in [-0.15, -0.1) is 5.10 Å². The molecule has 1 aliphatic rings. The molecule has 1 aliphatic heterocycles. The molecule has 0 saturated carbocycles. The van der Waals surface area contributed by atoms with Crippen LogP contribution in [-0.2, 0) is 4.79 Å². The number of nitrogens with zero attached hydrogens (tertiary/aromatic N) is 3. The Kier molecular flexibility index (Phi) is 6.76. The Labute approximate surface area is 186 Å². The first-order valence-corrected chi connectivity index (χ1v) is 11.4. The molecule has 1 amide bonds. The molecule has 0 radical (unpaired) electrons. The number of hydrogen-bond acceptors (Lipinski definition) is 6. The maximum atomic E-state index is 12.7. The molecule has 2 aromatic carbocycles. The van der Waals surface area contributed by atoms with Crippen molar-refractivity contribution in [3.05, 3.63) is 60.4 Å². The Morgan fingerprint density at radius 1 is 1.13 bits per heavy atom. The highest BCUT2D eigenvalue weighted by atomic mass is 32.2. The molecule has 1 N–H and O–H groups in total. The highest BCUT2D eigenvalue weighted by Gasteiger charge is 2.21. The van der Waals surface area contributed by atoms with E-state index in [1.165, 1.54) is 11.8 Å². The van der Waals surface area contributed by atoms with E-state index in [1.54, 1.807) is 11.0 Å². The highest BCUT2D eigenvalue weighted by Crippen LogP contribution is 2.34. The van der Waals surface area contributed by atoms with Crippen LogP contribution >= 0.6 is 11.8 Å². The van der Waals surface area contributed by atoms with Crippen LogP contribution in [0.3, 0.4) is 0 Å². The summed E-state index contributed by atoms with van der Waals surface area (Å²) >= 11 is 1.32. The Morgan fingerprint density at radius 3 is 2.68 bits per heavy atom. The van der Waals surface area contributed by atoms with Crippen LogP contribution in [0.5, 0.6) is 11.5 Å². The van der Waals surface area contributed by atoms with Gasteiger partial charge >= 0.3 is 0 Å². The van der Waals surface area contributed by atoms with E-state index in [9.17, 15) is 4.79 Å². The molecular weight excluding hydrogens is 412 g/mol. The van der Waals surface area contributed by atoms with Crippen molar-refractivity contribution in [3.63, 3.8) is 0 Å². The van der Waals surface area contributed by atoms with Gasteiger partial charge < -0.3 is 14.8 Å². The zero-order valence-corrected chi connectivity index (χ0v) is 18.5. The van der Waals surface area contributed by atoms with Gasteiger partial charge in [0, 0.05) is 6.42 Å². The number of amides is 1. The quantitative estimate of drug-likeness (QED) is 0.561. The fraction of sp³-hybridized carbons (Fsp3) is 0.348. The van der Waals surface area contributed by atoms with Gasteiger partial charge in [0.05, 0.1) is 30.7 Å². The topological polar surface area (TPSA) is 78.3 Å². The molecule has 2 heterocycles. The molecule has 0 aliphatic carbocycles. The van der Waals surface area contributed by atoms with Gasteiger partial charge in [0.2, 0.25) is 11.1 Å². The second-order valence-corrected chi connectivity index (χ2v) is 8.58. The fourth-order valence-electron chi connectivity index (χ4n) is 3.37. The van der Waals surface area contributed by atoms with Crippen molar-refractivity contribution in [3.8, 4) is 17.2 Å². The molecule has 162 valence electrons. The maximum absolute atomic E-state index is 12.7. The molecule has 1 aromatic heterocycles. The fourth-order valence-corrected chi connectivity index (χ4v) is 3.98. The van der Waals surface area contributed by atoms with E-state index in [1.807, 2.05) is 48.5 Å². The van der Waals surface area contributed by atoms with Crippen molar-refractivity contribution in [1.29, 1.82) is 0 Å². The highest BCUT2D eigenvalue weighted by molar-refractivity contribution is 7.99. The van der Waals surface area contributed by atoms with Crippen LogP contribution in [0.2, 0.25) is 0 Å². The van der Waals surface area contributed by atoms with Gasteiger partial charge in [0.15, 0.2) is 11.5 Å². The Bertz CT molecular complexity index is 1020. The zero-order valence-electron chi connectivity index (χ0n) is 17.7. The van der Waals surface area contributed by atoms with E-state index in [-0.39, 0.29) is 23.6 Å². The van der Waals surface area contributed by atoms with Crippen LogP contribution in [0, 0.1) is 5.92 Å². The second-order valence-electron chi connectivity index (χ2n) is 7.64. The van der Waals surface area contributed by atoms with E-state index in [0.29, 0.717) is 18.4 Å². The number of fused-ring (bicyclic) bond motifs is 1. The van der Waals surface area contributed by atoms with E-state index in [2.05, 4.69) is 29.2 Å². The lowest BCUT2D eigenvalue weighted by molar-refractivity contribution is -0.119. The molecule has 7 nitrogen and oxygen atoms in total. The summed E-state index contributed by atoms with van der Waals surface area (Å²) in [7, 11) is 0. The lowest BCUT2D eigenvalue weighted by atomic mass is 9.95. The van der Waals surface area contributed by atoms with E-state index in [0.717, 1.165) is 29.2 Å². The Hall–Kier alpha value is -3.00. The number of aromatic nitrogens is 3. The van der Waals surface area contributed by atoms with Crippen LogP contribution in [0.15, 0.2) is 60.0 Å². The van der Waals surface area contributed by atoms with Crippen LogP contribution in [0.1, 0.15) is 31.9 Å². The summed E-state index contributed by atoms with van der Waals surface area (Å²) in [6.07, 6.45) is 2.52. The third-order valence-corrected chi connectivity index (χ3v) is 5.79. The van der Waals surface area contributed by atoms with Crippen LogP contribution in [0.25, 0.3) is 5.69 Å². The first-order chi connectivity index (χ1) is 15.1. The molecule has 0 spiro atoms. The largest absolute Gasteiger partial charge is 0.490 e. The maximum Gasteiger partial charge on any atom is 0.230 e. The minimum atomic E-state index is -0.125. The molecule has 0 bridgehead atoms. The normalized spacial score (nSPS) is 14.2. The van der Waals surface area contributed by atoms with Gasteiger partial charge in [-0.2, -0.15) is 0 Å². The van der Waals surface area contributed by atoms with E-state index in [4.69, 9.17) is 9.47 Å². The first-order valence-electron chi connectivity index (χ1n) is 10.4. The summed E-state index contributed by atoms with van der Waals surface area (Å²) in [6.45, 7) is 5.46. The molecule has 4 rings (SSSR count). The Balaban J connectivity index is 1.38. The van der Waals surface area contributed by atoms with Crippen molar-refractivity contribution in [2.45, 2.75) is 31.5 Å². The number of carbonyl (C=O) groups excluding carboxylic acids is 1. The summed E-state index contributed by atoms with van der Waals surface area (Å²) in [6, 6.07) is 15.5. The van der Waals surface area contributed by atoms with Gasteiger partial charge in [0.1, 0.15) is 6.33 Å². The van der Waals surface area contributed by atoms with Crippen molar-refractivity contribution in [1.82, 2.24) is 20.1 Å². The van der Waals surface area contributed by atoms with Gasteiger partial charge in [-0.25, -0.2) is 9.67 Å². The van der Waals surface area contributed by atoms with Crippen molar-refractivity contribution < 1.29 is 14.3 Å². The Morgan fingerprint density at radius 2 is 1.90 bits per heavy atom. The average molecular weight is 439 g/mol. The second kappa shape index (κ2) is 9.87. The number of nitrogens with one attached hydrogen (secondary N) is 1. The summed E-state index contributed by atoms with van der Waals surface area (Å²) in [5.74, 6) is 1.89. The first kappa shape index (κ1) is 21.2. The van der Waals surface area contributed by atoms with Crippen molar-refractivity contribution >= 4 is 17.7 Å². The lowest BCUT2D eigenvalue weighted by Gasteiger charge is -2.23. The average Bonchev–Trinajstić information content (AvgIpc) is 3.14. The van der Waals surface area contributed by atoms with Crippen LogP contribution < -0.4 is 14.8 Å². The van der Waals surface area contributed by atoms with Gasteiger partial charge in [0.25, 0.3) is 0 Å². The summed E-state index contributed by atoms with van der Waals surface area (Å²) in [4.78, 5) is 17.0. The van der Waals surface area contributed by atoms with Gasteiger partial charge in [-0.1, -0.05) is 49.9 Å². The van der Waals surface area contributed by atoms with Crippen LogP contribution in [0.4, 0.5) is 0 Å². The number of rotatable bonds is 7. The third-order valence-electron chi connectivity index (χ3n) is 4.94. The minimum absolute atomic E-state index is 0.0631. The predicted molar refractivity (Wildman–Crippen MR) is 120 cm³/mol. The standard InChI is InChI=1S/C23H26N4O3S/c1-16(2)22(17-9-10-19-20(13-17)30-12-6-11-29-19)25-21(28)14-31-23-24-15-27(26-23)18-7-4-3-5-8-18/h3-5,7-10,13,15-16,22H,6,11-12,14H2,1-2H3,(H,25,28)/t22-/m0/s1. The number of para-hydroxylation sites is 1. The molecule has 31 heavy (non-hydrogen) atoms. The number of ether oxygens (including phenoxy) is 2. The molecule has 0 saturated heterocycles. The number of benzene rings is 2. The lowest BCUT2D eigenvalue weighted by Crippen LogP contribution is -2.33. The molecular formula is C23H26N4O3S. The predicted octanol–water partition coefficient (Wildman–Crippen LogP) is 4.03. The van der Waals surface area contributed by atoms with E-state index >= 15 is 0 Å². The summed E-state index contributed by atoms with van der Waals surface area (Å²) < 4.78 is 13.2. The van der Waals surface area contributed by atoms with Crippen molar-refractivity contribution in [2.24, 2.45) is 5.92 Å². The van der Waals surface area contributed by atoms with E-state index < -0.39 is 0 Å². The monoisotopic (exact) mass is 438 g/mol. The smallest absolute Gasteiger partial charge is 0.230 e. The zero-order chi connectivity index (χ0) is 21.6. The minimum Gasteiger partial charge on any atom is -0.490 e. The SMILES string of the molecule is CC(C)[C@H](NC(=O)CSc1ncn(-c2ccccc2)n1)c1ccc2c(c1)OCCCO2. The molecule has 0 fully saturated rings. The number of hydrogen-bond donors (Lipinski definition) is 1. The number of thioether (sulfide) groups is 1. The summed E-state index contributed by atoms with van der Waals surface area (Å²) in [5.41, 5.74) is 1.93. The number of carbonyl (C=O) groups is 1. The molecule has 8 heteroatoms. The molecule has 0 unspecified atom stereocenters. The molecule has 3 aromatic rings. The summed E-state index contributed by atoms with van der Waals surface area (Å²) in [5, 5.41) is 8.15. The van der Waals surface area contributed by atoms with Crippen molar-refractivity contribution in [2.75, 3.05) is 19.0 Å². The third kappa shape index (κ3) is 5.38. The molecule has 1 atom stereocenters. The van der Waals surface area contributed by atoms with Gasteiger partial charge in [-0.3, -0.25) is 4.79 Å². The van der Waals surface area contributed by atoms with Gasteiger partial charge in [-0.05, 0) is 35.7 Å². The van der Waals surface area contributed by atoms with Crippen LogP contribution in [-0.4, -0.2) is 39.6 Å².